The lowest BCUT2D eigenvalue weighted by atomic mass is 9.95. The molecule has 0 bridgehead atoms. The van der Waals surface area contributed by atoms with Crippen LogP contribution >= 0.6 is 0 Å². The Hall–Kier alpha value is -1.42. The van der Waals surface area contributed by atoms with E-state index in [4.69, 9.17) is 10.5 Å². The molecule has 0 aliphatic carbocycles. The minimum Gasteiger partial charge on any atom is -0.492 e. The van der Waals surface area contributed by atoms with Gasteiger partial charge in [-0.2, -0.15) is 0 Å². The lowest BCUT2D eigenvalue weighted by Gasteiger charge is -2.14. The molecule has 0 radical (unpaired) electrons. The van der Waals surface area contributed by atoms with E-state index in [1.807, 2.05) is 20.8 Å². The van der Waals surface area contributed by atoms with E-state index in [1.165, 1.54) is 0 Å². The summed E-state index contributed by atoms with van der Waals surface area (Å²) >= 11 is 0. The van der Waals surface area contributed by atoms with Gasteiger partial charge in [-0.25, -0.2) is 0 Å². The average Bonchev–Trinajstić information content (AvgIpc) is 2.34. The summed E-state index contributed by atoms with van der Waals surface area (Å²) < 4.78 is 5.44. The van der Waals surface area contributed by atoms with Gasteiger partial charge in [-0.05, 0) is 19.4 Å². The van der Waals surface area contributed by atoms with Gasteiger partial charge in [0, 0.05) is 23.7 Å². The van der Waals surface area contributed by atoms with Gasteiger partial charge in [0.1, 0.15) is 5.75 Å². The predicted molar refractivity (Wildman–Crippen MR) is 67.2 cm³/mol. The van der Waals surface area contributed by atoms with Gasteiger partial charge in [0.15, 0.2) is 5.78 Å². The van der Waals surface area contributed by atoms with Crippen LogP contribution in [0.15, 0.2) is 18.5 Å². The zero-order valence-corrected chi connectivity index (χ0v) is 10.6. The molecule has 4 nitrogen and oxygen atoms in total. The molecule has 1 aromatic heterocycles. The minimum atomic E-state index is -0.210. The van der Waals surface area contributed by atoms with Gasteiger partial charge in [0.05, 0.1) is 12.8 Å². The first-order valence-corrected chi connectivity index (χ1v) is 5.94. The van der Waals surface area contributed by atoms with Gasteiger partial charge < -0.3 is 10.5 Å². The Kier molecular flexibility index (Phi) is 5.10. The normalized spacial score (nSPS) is 14.1. The number of nitrogens with zero attached hydrogens (tertiary/aromatic N) is 1. The molecule has 0 amide bonds. The highest BCUT2D eigenvalue weighted by Gasteiger charge is 2.19. The minimum absolute atomic E-state index is 0.00875. The maximum atomic E-state index is 12.0. The van der Waals surface area contributed by atoms with Crippen molar-refractivity contribution >= 4 is 5.78 Å². The van der Waals surface area contributed by atoms with E-state index in [0.717, 1.165) is 6.42 Å². The summed E-state index contributed by atoms with van der Waals surface area (Å²) in [6, 6.07) is 1.56. The van der Waals surface area contributed by atoms with Crippen molar-refractivity contribution < 1.29 is 9.53 Å². The Morgan fingerprint density at radius 3 is 2.76 bits per heavy atom. The molecule has 0 spiro atoms. The Morgan fingerprint density at radius 2 is 2.18 bits per heavy atom. The molecule has 4 heteroatoms. The SMILES string of the molecule is CCCOc1cncc(C(=O)C(C)C(C)N)c1. The van der Waals surface area contributed by atoms with Crippen molar-refractivity contribution in [3.05, 3.63) is 24.0 Å². The fourth-order valence-corrected chi connectivity index (χ4v) is 1.35. The third-order valence-electron chi connectivity index (χ3n) is 2.67. The second-order valence-electron chi connectivity index (χ2n) is 4.27. The fourth-order valence-electron chi connectivity index (χ4n) is 1.35. The van der Waals surface area contributed by atoms with Crippen LogP contribution in [-0.4, -0.2) is 23.4 Å². The predicted octanol–water partition coefficient (Wildman–Crippen LogP) is 2.04. The van der Waals surface area contributed by atoms with Gasteiger partial charge in [0.25, 0.3) is 0 Å². The second-order valence-corrected chi connectivity index (χ2v) is 4.27. The van der Waals surface area contributed by atoms with Crippen LogP contribution in [0.3, 0.4) is 0 Å². The molecule has 0 aliphatic rings. The standard InChI is InChI=1S/C13H20N2O2/c1-4-5-17-12-6-11(7-15-8-12)13(16)9(2)10(3)14/h6-10H,4-5,14H2,1-3H3. The molecule has 1 aromatic rings. The van der Waals surface area contributed by atoms with Crippen molar-refractivity contribution in [2.24, 2.45) is 11.7 Å². The number of aromatic nitrogens is 1. The van der Waals surface area contributed by atoms with E-state index in [9.17, 15) is 4.79 Å². The van der Waals surface area contributed by atoms with Crippen molar-refractivity contribution in [2.45, 2.75) is 33.2 Å². The summed E-state index contributed by atoms with van der Waals surface area (Å²) in [5, 5.41) is 0. The van der Waals surface area contributed by atoms with Crippen LogP contribution in [-0.2, 0) is 0 Å². The van der Waals surface area contributed by atoms with Crippen LogP contribution < -0.4 is 10.5 Å². The topological polar surface area (TPSA) is 65.2 Å². The number of carbonyl (C=O) groups is 1. The first kappa shape index (κ1) is 13.6. The fraction of sp³-hybridized carbons (Fsp3) is 0.538. The number of pyridine rings is 1. The summed E-state index contributed by atoms with van der Waals surface area (Å²) in [6.45, 7) is 6.31. The number of ether oxygens (including phenoxy) is 1. The molecule has 2 atom stereocenters. The van der Waals surface area contributed by atoms with E-state index in [0.29, 0.717) is 17.9 Å². The van der Waals surface area contributed by atoms with Gasteiger partial charge in [-0.15, -0.1) is 0 Å². The number of ketones is 1. The van der Waals surface area contributed by atoms with Gasteiger partial charge >= 0.3 is 0 Å². The number of hydrogen-bond acceptors (Lipinski definition) is 4. The molecule has 0 aromatic carbocycles. The third kappa shape index (κ3) is 3.82. The number of Topliss-reactive ketones (excluding diaryl/α,β-unsaturated/α-hetero) is 1. The summed E-state index contributed by atoms with van der Waals surface area (Å²) in [5.41, 5.74) is 6.28. The van der Waals surface area contributed by atoms with E-state index in [2.05, 4.69) is 4.98 Å². The third-order valence-corrected chi connectivity index (χ3v) is 2.67. The molecule has 0 aliphatic heterocycles. The molecule has 2 N–H and O–H groups in total. The number of nitrogens with two attached hydrogens (primary N) is 1. The lowest BCUT2D eigenvalue weighted by molar-refractivity contribution is 0.0916. The Labute approximate surface area is 102 Å². The van der Waals surface area contributed by atoms with Crippen molar-refractivity contribution in [3.63, 3.8) is 0 Å². The number of hydrogen-bond donors (Lipinski definition) is 1. The van der Waals surface area contributed by atoms with Gasteiger partial charge in [-0.3, -0.25) is 9.78 Å². The first-order chi connectivity index (χ1) is 8.06. The van der Waals surface area contributed by atoms with Crippen LogP contribution in [0.4, 0.5) is 0 Å². The molecule has 1 heterocycles. The van der Waals surface area contributed by atoms with Crippen LogP contribution in [0.2, 0.25) is 0 Å². The smallest absolute Gasteiger partial charge is 0.168 e. The molecular weight excluding hydrogens is 216 g/mol. The monoisotopic (exact) mass is 236 g/mol. The molecular formula is C13H20N2O2. The Balaban J connectivity index is 2.80. The number of carbonyl (C=O) groups excluding carboxylic acids is 1. The van der Waals surface area contributed by atoms with Crippen LogP contribution in [0.25, 0.3) is 0 Å². The van der Waals surface area contributed by atoms with Crippen LogP contribution in [0, 0.1) is 5.92 Å². The lowest BCUT2D eigenvalue weighted by Crippen LogP contribution is -2.30. The van der Waals surface area contributed by atoms with E-state index < -0.39 is 0 Å². The zero-order chi connectivity index (χ0) is 12.8. The van der Waals surface area contributed by atoms with E-state index in [1.54, 1.807) is 18.5 Å². The summed E-state index contributed by atoms with van der Waals surface area (Å²) in [4.78, 5) is 16.1. The van der Waals surface area contributed by atoms with Crippen molar-refractivity contribution in [2.75, 3.05) is 6.61 Å². The maximum absolute atomic E-state index is 12.0. The Bertz CT molecular complexity index is 377. The van der Waals surface area contributed by atoms with Crippen LogP contribution in [0.5, 0.6) is 5.75 Å². The first-order valence-electron chi connectivity index (χ1n) is 5.94. The summed E-state index contributed by atoms with van der Waals surface area (Å²) in [5.74, 6) is 0.433. The van der Waals surface area contributed by atoms with Crippen LogP contribution in [0.1, 0.15) is 37.6 Å². The highest BCUT2D eigenvalue weighted by molar-refractivity contribution is 5.98. The number of rotatable bonds is 6. The highest BCUT2D eigenvalue weighted by Crippen LogP contribution is 2.16. The molecule has 0 saturated carbocycles. The quantitative estimate of drug-likeness (QED) is 0.767. The largest absolute Gasteiger partial charge is 0.492 e. The second kappa shape index (κ2) is 6.35. The summed E-state index contributed by atoms with van der Waals surface area (Å²) in [7, 11) is 0. The van der Waals surface area contributed by atoms with Crippen molar-refractivity contribution in [3.8, 4) is 5.75 Å². The molecule has 0 fully saturated rings. The van der Waals surface area contributed by atoms with Gasteiger partial charge in [-0.1, -0.05) is 13.8 Å². The van der Waals surface area contributed by atoms with Crippen molar-refractivity contribution in [1.82, 2.24) is 4.98 Å². The molecule has 1 rings (SSSR count). The Morgan fingerprint density at radius 1 is 1.47 bits per heavy atom. The van der Waals surface area contributed by atoms with Crippen molar-refractivity contribution in [1.29, 1.82) is 0 Å². The molecule has 2 unspecified atom stereocenters. The van der Waals surface area contributed by atoms with Gasteiger partial charge in [0.2, 0.25) is 0 Å². The highest BCUT2D eigenvalue weighted by atomic mass is 16.5. The van der Waals surface area contributed by atoms with E-state index >= 15 is 0 Å². The molecule has 0 saturated heterocycles. The molecule has 94 valence electrons. The summed E-state index contributed by atoms with van der Waals surface area (Å²) in [6.07, 6.45) is 4.09. The average molecular weight is 236 g/mol. The molecule has 17 heavy (non-hydrogen) atoms. The van der Waals surface area contributed by atoms with E-state index in [-0.39, 0.29) is 17.7 Å². The maximum Gasteiger partial charge on any atom is 0.168 e. The zero-order valence-electron chi connectivity index (χ0n) is 10.6.